The summed E-state index contributed by atoms with van der Waals surface area (Å²) in [5.74, 6) is -1.96. The van der Waals surface area contributed by atoms with Crippen molar-refractivity contribution in [2.45, 2.75) is 51.7 Å². The number of rotatable bonds is 3. The van der Waals surface area contributed by atoms with Gasteiger partial charge in [0.15, 0.2) is 0 Å². The van der Waals surface area contributed by atoms with E-state index >= 15 is 0 Å². The summed E-state index contributed by atoms with van der Waals surface area (Å²) in [5, 5.41) is 6.77. The van der Waals surface area contributed by atoms with Crippen molar-refractivity contribution in [3.05, 3.63) is 28.8 Å². The molecule has 0 bridgehead atoms. The Morgan fingerprint density at radius 2 is 1.89 bits per heavy atom. The smallest absolute Gasteiger partial charge is 0.250 e. The number of amides is 3. The third-order valence-electron chi connectivity index (χ3n) is 6.40. The van der Waals surface area contributed by atoms with Crippen LogP contribution < -0.4 is 10.6 Å². The molecule has 3 aliphatic rings. The summed E-state index contributed by atoms with van der Waals surface area (Å²) in [6.45, 7) is 7.83. The summed E-state index contributed by atoms with van der Waals surface area (Å²) < 4.78 is 0. The molecule has 0 aliphatic carbocycles. The molecule has 0 saturated carbocycles. The minimum absolute atomic E-state index is 0.0848. The highest BCUT2D eigenvalue weighted by molar-refractivity contribution is 6.31. The standard InChI is InChI=1S/C20H24ClN3O3/c1-5-10(4)24-17(25)14-15(18(24)26)20(23-16(14)9(2)3)12-8-11(21)6-7-13(12)22-19(20)27/h6-10,14-16,23H,5H2,1-4H3,(H,22,27)/t10?,14-,15-,16?,20?/m1/s1. The number of nitrogens with zero attached hydrogens (tertiary/aromatic N) is 1. The lowest BCUT2D eigenvalue weighted by Crippen LogP contribution is -2.54. The molecule has 4 rings (SSSR count). The summed E-state index contributed by atoms with van der Waals surface area (Å²) in [7, 11) is 0. The average Bonchev–Trinajstić information content (AvgIpc) is 3.20. The third-order valence-corrected chi connectivity index (χ3v) is 6.63. The Labute approximate surface area is 163 Å². The molecular weight excluding hydrogens is 366 g/mol. The largest absolute Gasteiger partial charge is 0.324 e. The number of imide groups is 1. The Bertz CT molecular complexity index is 855. The summed E-state index contributed by atoms with van der Waals surface area (Å²) in [4.78, 5) is 41.2. The van der Waals surface area contributed by atoms with E-state index in [1.54, 1.807) is 18.2 Å². The van der Waals surface area contributed by atoms with Gasteiger partial charge < -0.3 is 5.32 Å². The van der Waals surface area contributed by atoms with Crippen LogP contribution in [0, 0.1) is 17.8 Å². The first kappa shape index (κ1) is 18.4. The van der Waals surface area contributed by atoms with Gasteiger partial charge in [-0.15, -0.1) is 0 Å². The average molecular weight is 390 g/mol. The van der Waals surface area contributed by atoms with Crippen LogP contribution in [0.1, 0.15) is 39.7 Å². The lowest BCUT2D eigenvalue weighted by atomic mass is 9.76. The lowest BCUT2D eigenvalue weighted by molar-refractivity contribution is -0.145. The second-order valence-corrected chi connectivity index (χ2v) is 8.61. The zero-order chi connectivity index (χ0) is 19.7. The van der Waals surface area contributed by atoms with E-state index in [-0.39, 0.29) is 35.7 Å². The highest BCUT2D eigenvalue weighted by atomic mass is 35.5. The van der Waals surface area contributed by atoms with Crippen molar-refractivity contribution in [2.24, 2.45) is 17.8 Å². The first-order chi connectivity index (χ1) is 12.7. The topological polar surface area (TPSA) is 78.5 Å². The van der Waals surface area contributed by atoms with Crippen LogP contribution in [0.15, 0.2) is 18.2 Å². The van der Waals surface area contributed by atoms with E-state index in [1.807, 2.05) is 27.7 Å². The van der Waals surface area contributed by atoms with E-state index in [1.165, 1.54) is 4.90 Å². The van der Waals surface area contributed by atoms with Gasteiger partial charge >= 0.3 is 0 Å². The van der Waals surface area contributed by atoms with Crippen molar-refractivity contribution >= 4 is 35.0 Å². The molecule has 144 valence electrons. The number of likely N-dealkylation sites (tertiary alicyclic amines) is 1. The highest BCUT2D eigenvalue weighted by Gasteiger charge is 2.71. The summed E-state index contributed by atoms with van der Waals surface area (Å²) in [6.07, 6.45) is 0.679. The van der Waals surface area contributed by atoms with E-state index in [9.17, 15) is 14.4 Å². The molecule has 1 spiro atoms. The SMILES string of the molecule is CCC(C)N1C(=O)[C@H]2C(C(C)C)NC3(C(=O)Nc4ccc(Cl)cc43)[C@H]2C1=O. The number of carbonyl (C=O) groups excluding carboxylic acids is 3. The van der Waals surface area contributed by atoms with Gasteiger partial charge in [-0.2, -0.15) is 0 Å². The second-order valence-electron chi connectivity index (χ2n) is 8.17. The van der Waals surface area contributed by atoms with Crippen LogP contribution in [-0.2, 0) is 19.9 Å². The number of nitrogens with one attached hydrogen (secondary N) is 2. The third kappa shape index (κ3) is 2.26. The molecule has 0 aromatic heterocycles. The van der Waals surface area contributed by atoms with Gasteiger partial charge in [0.25, 0.3) is 0 Å². The van der Waals surface area contributed by atoms with Crippen molar-refractivity contribution in [2.75, 3.05) is 5.32 Å². The van der Waals surface area contributed by atoms with E-state index in [0.29, 0.717) is 22.7 Å². The number of hydrogen-bond acceptors (Lipinski definition) is 4. The van der Waals surface area contributed by atoms with E-state index in [2.05, 4.69) is 10.6 Å². The molecule has 3 aliphatic heterocycles. The van der Waals surface area contributed by atoms with Crippen LogP contribution in [0.5, 0.6) is 0 Å². The molecule has 1 aromatic rings. The minimum atomic E-state index is -1.26. The van der Waals surface area contributed by atoms with Gasteiger partial charge in [-0.3, -0.25) is 24.6 Å². The van der Waals surface area contributed by atoms with Gasteiger partial charge in [-0.25, -0.2) is 0 Å². The Kier molecular flexibility index (Phi) is 4.13. The quantitative estimate of drug-likeness (QED) is 0.778. The predicted octanol–water partition coefficient (Wildman–Crippen LogP) is 2.51. The fourth-order valence-corrected chi connectivity index (χ4v) is 5.09. The van der Waals surface area contributed by atoms with Crippen LogP contribution in [0.25, 0.3) is 0 Å². The maximum Gasteiger partial charge on any atom is 0.250 e. The Hall–Kier alpha value is -1.92. The van der Waals surface area contributed by atoms with Crippen LogP contribution >= 0.6 is 11.6 Å². The summed E-state index contributed by atoms with van der Waals surface area (Å²) >= 11 is 6.21. The minimum Gasteiger partial charge on any atom is -0.324 e. The van der Waals surface area contributed by atoms with Gasteiger partial charge in [-0.05, 0) is 37.5 Å². The van der Waals surface area contributed by atoms with E-state index in [0.717, 1.165) is 0 Å². The van der Waals surface area contributed by atoms with Crippen molar-refractivity contribution in [1.82, 2.24) is 10.2 Å². The van der Waals surface area contributed by atoms with E-state index < -0.39 is 17.4 Å². The van der Waals surface area contributed by atoms with Crippen molar-refractivity contribution in [1.29, 1.82) is 0 Å². The number of fused-ring (bicyclic) bond motifs is 4. The number of carbonyl (C=O) groups is 3. The maximum atomic E-state index is 13.4. The molecule has 5 atom stereocenters. The Morgan fingerprint density at radius 3 is 2.52 bits per heavy atom. The van der Waals surface area contributed by atoms with Crippen LogP contribution in [0.3, 0.4) is 0 Å². The monoisotopic (exact) mass is 389 g/mol. The first-order valence-electron chi connectivity index (χ1n) is 9.50. The van der Waals surface area contributed by atoms with Crippen LogP contribution in [-0.4, -0.2) is 34.7 Å². The second kappa shape index (κ2) is 6.04. The predicted molar refractivity (Wildman–Crippen MR) is 102 cm³/mol. The molecule has 3 heterocycles. The zero-order valence-corrected chi connectivity index (χ0v) is 16.6. The van der Waals surface area contributed by atoms with Gasteiger partial charge in [0.2, 0.25) is 17.7 Å². The van der Waals surface area contributed by atoms with Crippen molar-refractivity contribution < 1.29 is 14.4 Å². The fourth-order valence-electron chi connectivity index (χ4n) is 4.92. The van der Waals surface area contributed by atoms with Crippen molar-refractivity contribution in [3.8, 4) is 0 Å². The molecular formula is C20H24ClN3O3. The number of hydrogen-bond donors (Lipinski definition) is 2. The normalized spacial score (nSPS) is 33.0. The van der Waals surface area contributed by atoms with Gasteiger partial charge in [0.1, 0.15) is 5.54 Å². The van der Waals surface area contributed by atoms with Gasteiger partial charge in [0, 0.05) is 28.4 Å². The van der Waals surface area contributed by atoms with Crippen LogP contribution in [0.4, 0.5) is 5.69 Å². The zero-order valence-electron chi connectivity index (χ0n) is 15.9. The van der Waals surface area contributed by atoms with Gasteiger partial charge in [-0.1, -0.05) is 32.4 Å². The number of anilines is 1. The van der Waals surface area contributed by atoms with E-state index in [4.69, 9.17) is 11.6 Å². The number of halogens is 1. The Morgan fingerprint density at radius 1 is 1.19 bits per heavy atom. The molecule has 6 nitrogen and oxygen atoms in total. The fraction of sp³-hybridized carbons (Fsp3) is 0.550. The molecule has 1 aromatic carbocycles. The molecule has 2 fully saturated rings. The molecule has 2 saturated heterocycles. The van der Waals surface area contributed by atoms with Crippen LogP contribution in [0.2, 0.25) is 5.02 Å². The molecule has 2 N–H and O–H groups in total. The summed E-state index contributed by atoms with van der Waals surface area (Å²) in [5.41, 5.74) is 0.0435. The lowest BCUT2D eigenvalue weighted by Gasteiger charge is -2.31. The van der Waals surface area contributed by atoms with Gasteiger partial charge in [0.05, 0.1) is 11.8 Å². The molecule has 7 heteroatoms. The molecule has 3 amide bonds. The number of benzene rings is 1. The maximum absolute atomic E-state index is 13.4. The molecule has 3 unspecified atom stereocenters. The molecule has 0 radical (unpaired) electrons. The first-order valence-corrected chi connectivity index (χ1v) is 9.87. The summed E-state index contributed by atoms with van der Waals surface area (Å²) in [6, 6.07) is 4.72. The highest BCUT2D eigenvalue weighted by Crippen LogP contribution is 2.54. The molecule has 27 heavy (non-hydrogen) atoms. The van der Waals surface area contributed by atoms with Crippen molar-refractivity contribution in [3.63, 3.8) is 0 Å². The Balaban J connectivity index is 1.92.